The van der Waals surface area contributed by atoms with Gasteiger partial charge in [-0.1, -0.05) is 47.5 Å². The van der Waals surface area contributed by atoms with Gasteiger partial charge in [-0.3, -0.25) is 0 Å². The van der Waals surface area contributed by atoms with Crippen LogP contribution in [0.1, 0.15) is 27.8 Å². The molecule has 5 heteroatoms. The number of carbonyl (C=O) groups excluding carboxylic acids is 1. The van der Waals surface area contributed by atoms with Crippen LogP contribution >= 0.6 is 0 Å². The normalized spacial score (nSPS) is 13.1. The summed E-state index contributed by atoms with van der Waals surface area (Å²) in [5.41, 5.74) is 7.17. The fourth-order valence-corrected chi connectivity index (χ4v) is 3.50. The SMILES string of the molecule is Cc1ccc(COC(=O)OCCN2C=CN(c3c(C)cc(C)cc3C)C2)cc1. The molecule has 0 aromatic heterocycles. The molecule has 0 N–H and O–H groups in total. The van der Waals surface area contributed by atoms with E-state index in [0.717, 1.165) is 12.2 Å². The maximum absolute atomic E-state index is 11.8. The first-order chi connectivity index (χ1) is 13.4. The summed E-state index contributed by atoms with van der Waals surface area (Å²) in [7, 11) is 0. The quantitative estimate of drug-likeness (QED) is 0.672. The van der Waals surface area contributed by atoms with Gasteiger partial charge in [-0.05, 0) is 44.4 Å². The molecule has 0 aliphatic carbocycles. The van der Waals surface area contributed by atoms with Crippen LogP contribution in [0, 0.1) is 27.7 Å². The molecule has 1 heterocycles. The molecule has 0 fully saturated rings. The predicted molar refractivity (Wildman–Crippen MR) is 111 cm³/mol. The van der Waals surface area contributed by atoms with Crippen molar-refractivity contribution in [3.05, 3.63) is 76.6 Å². The Morgan fingerprint density at radius 1 is 0.929 bits per heavy atom. The maximum atomic E-state index is 11.8. The maximum Gasteiger partial charge on any atom is 0.508 e. The van der Waals surface area contributed by atoms with Crippen LogP contribution in [0.15, 0.2) is 48.8 Å². The van der Waals surface area contributed by atoms with Gasteiger partial charge in [0.2, 0.25) is 0 Å². The predicted octanol–water partition coefficient (Wildman–Crippen LogP) is 4.82. The highest BCUT2D eigenvalue weighted by Gasteiger charge is 2.18. The third kappa shape index (κ3) is 5.06. The van der Waals surface area contributed by atoms with E-state index in [0.29, 0.717) is 6.54 Å². The topological polar surface area (TPSA) is 42.0 Å². The molecule has 0 saturated heterocycles. The highest BCUT2D eigenvalue weighted by Crippen LogP contribution is 2.28. The second kappa shape index (κ2) is 8.83. The van der Waals surface area contributed by atoms with Crippen molar-refractivity contribution < 1.29 is 14.3 Å². The Kier molecular flexibility index (Phi) is 6.24. The van der Waals surface area contributed by atoms with Crippen LogP contribution in [0.4, 0.5) is 10.5 Å². The monoisotopic (exact) mass is 380 g/mol. The van der Waals surface area contributed by atoms with Crippen LogP contribution in [-0.2, 0) is 16.1 Å². The van der Waals surface area contributed by atoms with Gasteiger partial charge in [0.1, 0.15) is 13.2 Å². The van der Waals surface area contributed by atoms with Crippen molar-refractivity contribution in [3.63, 3.8) is 0 Å². The van der Waals surface area contributed by atoms with Gasteiger partial charge in [0.05, 0.1) is 13.2 Å². The molecule has 148 valence electrons. The molecule has 28 heavy (non-hydrogen) atoms. The first-order valence-electron chi connectivity index (χ1n) is 9.54. The van der Waals surface area contributed by atoms with Crippen molar-refractivity contribution in [2.24, 2.45) is 0 Å². The Bertz CT molecular complexity index is 836. The Labute approximate surface area is 167 Å². The van der Waals surface area contributed by atoms with Crippen LogP contribution in [0.25, 0.3) is 0 Å². The highest BCUT2D eigenvalue weighted by molar-refractivity contribution is 5.62. The van der Waals surface area contributed by atoms with Crippen LogP contribution in [-0.4, -0.2) is 30.9 Å². The van der Waals surface area contributed by atoms with E-state index in [4.69, 9.17) is 9.47 Å². The van der Waals surface area contributed by atoms with E-state index in [-0.39, 0.29) is 13.2 Å². The van der Waals surface area contributed by atoms with Crippen molar-refractivity contribution >= 4 is 11.8 Å². The summed E-state index contributed by atoms with van der Waals surface area (Å²) in [6, 6.07) is 12.3. The first-order valence-corrected chi connectivity index (χ1v) is 9.54. The summed E-state index contributed by atoms with van der Waals surface area (Å²) in [4.78, 5) is 16.1. The van der Waals surface area contributed by atoms with E-state index in [1.54, 1.807) is 0 Å². The molecule has 1 aliphatic rings. The summed E-state index contributed by atoms with van der Waals surface area (Å²) in [5.74, 6) is 0. The van der Waals surface area contributed by atoms with Gasteiger partial charge >= 0.3 is 6.16 Å². The molecule has 2 aromatic rings. The van der Waals surface area contributed by atoms with Gasteiger partial charge in [0.25, 0.3) is 0 Å². The number of ether oxygens (including phenoxy) is 2. The van der Waals surface area contributed by atoms with Crippen molar-refractivity contribution in [3.8, 4) is 0 Å². The van der Waals surface area contributed by atoms with Crippen LogP contribution < -0.4 is 4.90 Å². The fraction of sp³-hybridized carbons (Fsp3) is 0.348. The molecule has 0 spiro atoms. The van der Waals surface area contributed by atoms with E-state index in [1.807, 2.05) is 37.4 Å². The molecule has 0 atom stereocenters. The van der Waals surface area contributed by atoms with Gasteiger partial charge in [-0.2, -0.15) is 0 Å². The number of aryl methyl sites for hydroxylation is 4. The van der Waals surface area contributed by atoms with Crippen LogP contribution in [0.2, 0.25) is 0 Å². The largest absolute Gasteiger partial charge is 0.508 e. The second-order valence-electron chi connectivity index (χ2n) is 7.34. The van der Waals surface area contributed by atoms with Crippen LogP contribution in [0.3, 0.4) is 0 Å². The molecule has 0 unspecified atom stereocenters. The molecule has 0 radical (unpaired) electrons. The minimum Gasteiger partial charge on any atom is -0.432 e. The van der Waals surface area contributed by atoms with Gasteiger partial charge < -0.3 is 19.3 Å². The lowest BCUT2D eigenvalue weighted by Gasteiger charge is -2.24. The minimum absolute atomic E-state index is 0.225. The van der Waals surface area contributed by atoms with E-state index >= 15 is 0 Å². The number of carbonyl (C=O) groups is 1. The summed E-state index contributed by atoms with van der Waals surface area (Å²) in [6.45, 7) is 10.3. The number of hydrogen-bond acceptors (Lipinski definition) is 5. The lowest BCUT2D eigenvalue weighted by Crippen LogP contribution is -2.29. The Balaban J connectivity index is 1.41. The molecule has 0 bridgehead atoms. The fourth-order valence-electron chi connectivity index (χ4n) is 3.50. The molecule has 2 aromatic carbocycles. The highest BCUT2D eigenvalue weighted by atomic mass is 16.7. The molecular formula is C23H28N2O3. The Morgan fingerprint density at radius 2 is 1.61 bits per heavy atom. The zero-order valence-electron chi connectivity index (χ0n) is 17.1. The van der Waals surface area contributed by atoms with Gasteiger partial charge in [0.15, 0.2) is 0 Å². The minimum atomic E-state index is -0.633. The Hall–Kier alpha value is -2.95. The van der Waals surface area contributed by atoms with Gasteiger partial charge in [-0.15, -0.1) is 0 Å². The zero-order chi connectivity index (χ0) is 20.1. The van der Waals surface area contributed by atoms with E-state index in [9.17, 15) is 4.79 Å². The van der Waals surface area contributed by atoms with Crippen molar-refractivity contribution in [1.82, 2.24) is 4.90 Å². The molecular weight excluding hydrogens is 352 g/mol. The second-order valence-corrected chi connectivity index (χ2v) is 7.34. The Morgan fingerprint density at radius 3 is 2.29 bits per heavy atom. The summed E-state index contributed by atoms with van der Waals surface area (Å²) in [5, 5.41) is 0. The van der Waals surface area contributed by atoms with Gasteiger partial charge in [-0.25, -0.2) is 4.79 Å². The number of benzene rings is 2. The average Bonchev–Trinajstić information content (AvgIpc) is 3.09. The molecule has 0 saturated carbocycles. The molecule has 1 aliphatic heterocycles. The third-order valence-electron chi connectivity index (χ3n) is 4.79. The summed E-state index contributed by atoms with van der Waals surface area (Å²) in [6.07, 6.45) is 3.46. The summed E-state index contributed by atoms with van der Waals surface area (Å²) < 4.78 is 10.4. The third-order valence-corrected chi connectivity index (χ3v) is 4.79. The van der Waals surface area contributed by atoms with Gasteiger partial charge in [0, 0.05) is 18.1 Å². The lowest BCUT2D eigenvalue weighted by molar-refractivity contribution is 0.0463. The number of nitrogens with zero attached hydrogens (tertiary/aromatic N) is 2. The van der Waals surface area contributed by atoms with Crippen molar-refractivity contribution in [1.29, 1.82) is 0 Å². The lowest BCUT2D eigenvalue weighted by atomic mass is 10.0. The summed E-state index contributed by atoms with van der Waals surface area (Å²) >= 11 is 0. The van der Waals surface area contributed by atoms with Crippen molar-refractivity contribution in [2.75, 3.05) is 24.7 Å². The zero-order valence-corrected chi connectivity index (χ0v) is 17.1. The average molecular weight is 380 g/mol. The van der Waals surface area contributed by atoms with Crippen LogP contribution in [0.5, 0.6) is 0 Å². The molecule has 3 rings (SSSR count). The number of hydrogen-bond donors (Lipinski definition) is 0. The van der Waals surface area contributed by atoms with E-state index in [2.05, 4.69) is 48.9 Å². The molecule has 5 nitrogen and oxygen atoms in total. The van der Waals surface area contributed by atoms with E-state index in [1.165, 1.54) is 27.9 Å². The smallest absolute Gasteiger partial charge is 0.432 e. The van der Waals surface area contributed by atoms with E-state index < -0.39 is 6.16 Å². The number of rotatable bonds is 6. The molecule has 0 amide bonds. The number of anilines is 1. The van der Waals surface area contributed by atoms with Crippen molar-refractivity contribution in [2.45, 2.75) is 34.3 Å². The standard InChI is InChI=1S/C23H28N2O3/c1-17-5-7-21(8-6-17)15-28-23(26)27-12-11-24-9-10-25(16-24)22-19(3)13-18(2)14-20(22)4/h5-10,13-14H,11-12,15-16H2,1-4H3. The first kappa shape index (κ1) is 19.8.